The molecule has 3 rings (SSSR count). The Bertz CT molecular complexity index is 1620. The van der Waals surface area contributed by atoms with Crippen LogP contribution >= 0.6 is 0 Å². The number of esters is 3. The third-order valence-electron chi connectivity index (χ3n) is 10.2. The van der Waals surface area contributed by atoms with E-state index >= 15 is 0 Å². The third kappa shape index (κ3) is 16.1. The van der Waals surface area contributed by atoms with Gasteiger partial charge in [0.05, 0.1) is 0 Å². The molecule has 0 aromatic carbocycles. The van der Waals surface area contributed by atoms with E-state index in [0.717, 1.165) is 25.7 Å². The fourth-order valence-electron chi connectivity index (χ4n) is 8.81. The fourth-order valence-corrected chi connectivity index (χ4v) is 8.81. The number of anilines is 1. The van der Waals surface area contributed by atoms with Crippen LogP contribution in [0.5, 0.6) is 0 Å². The van der Waals surface area contributed by atoms with Gasteiger partial charge in [-0.05, 0) is 93.8 Å². The lowest BCUT2D eigenvalue weighted by atomic mass is 9.61. The number of hydrogen-bond donors (Lipinski definition) is 4. The maximum atomic E-state index is 12.9. The second-order valence-electron chi connectivity index (χ2n) is 18.0. The smallest absolute Gasteiger partial charge is 0.407 e. The number of nitrogens with zero attached hydrogens (tertiary/aromatic N) is 1. The number of aryl methyl sites for hydroxylation is 1. The van der Waals surface area contributed by atoms with E-state index in [4.69, 9.17) is 18.9 Å². The monoisotopic (exact) mass is 773 g/mol. The first kappa shape index (κ1) is 45.0. The second-order valence-corrected chi connectivity index (χ2v) is 18.0. The van der Waals surface area contributed by atoms with E-state index in [1.165, 1.54) is 6.07 Å². The van der Waals surface area contributed by atoms with Crippen molar-refractivity contribution in [3.05, 3.63) is 34.3 Å². The van der Waals surface area contributed by atoms with E-state index in [9.17, 15) is 28.8 Å². The van der Waals surface area contributed by atoms with Crippen molar-refractivity contribution in [1.29, 1.82) is 0 Å². The molecule has 308 valence electrons. The molecule has 2 aliphatic rings. The van der Waals surface area contributed by atoms with E-state index in [2.05, 4.69) is 74.0 Å². The molecule has 2 saturated carbocycles. The minimum absolute atomic E-state index is 0.0269. The number of carbonyl (C=O) groups excluding carboxylic acids is 5. The Morgan fingerprint density at radius 1 is 0.855 bits per heavy atom. The van der Waals surface area contributed by atoms with Crippen molar-refractivity contribution < 1.29 is 42.9 Å². The van der Waals surface area contributed by atoms with Crippen LogP contribution in [0.4, 0.5) is 15.5 Å². The van der Waals surface area contributed by atoms with Gasteiger partial charge in [-0.2, -0.15) is 0 Å². The van der Waals surface area contributed by atoms with Crippen molar-refractivity contribution in [1.82, 2.24) is 20.6 Å². The SMILES string of the molecule is C=C(C)C(=O)OCCOC(=O)CCC1(C)CC(NC(=O)OC(C)COC(=O)CCC2(C)CC(NC(=O)Nc3nc(C)cc(=O)[nH]3)CC(C)(C)C2)CC(C)(C)C1. The van der Waals surface area contributed by atoms with Crippen molar-refractivity contribution in [2.45, 2.75) is 145 Å². The first-order valence-corrected chi connectivity index (χ1v) is 19.2. The number of H-pyrrole nitrogens is 1. The minimum Gasteiger partial charge on any atom is -0.462 e. The molecule has 55 heavy (non-hydrogen) atoms. The van der Waals surface area contributed by atoms with Gasteiger partial charge in [-0.25, -0.2) is 19.4 Å². The van der Waals surface area contributed by atoms with Gasteiger partial charge in [-0.1, -0.05) is 48.1 Å². The summed E-state index contributed by atoms with van der Waals surface area (Å²) in [6, 6.07) is 0.539. The predicted molar refractivity (Wildman–Crippen MR) is 206 cm³/mol. The molecule has 0 spiro atoms. The summed E-state index contributed by atoms with van der Waals surface area (Å²) in [5.41, 5.74) is -0.270. The number of ether oxygens (including phenoxy) is 4. The molecule has 0 saturated heterocycles. The molecule has 1 aromatic heterocycles. The standard InChI is InChI=1S/C40H63N5O10/c1-25(2)33(49)53-16-15-52-31(47)11-13-40(10)21-29(19-38(7,8)24-40)43-36(51)55-27(4)22-54-32(48)12-14-39(9)20-28(18-37(5,6)23-39)42-35(50)45-34-41-26(3)17-30(46)44-34/h17,27-29H,1,11-16,18-24H2,2-10H3,(H,43,51)(H3,41,42,44,45,46,50). The molecule has 2 aliphatic carbocycles. The Kier molecular flexibility index (Phi) is 15.5. The van der Waals surface area contributed by atoms with Crippen LogP contribution in [0.1, 0.15) is 125 Å². The van der Waals surface area contributed by atoms with Crippen molar-refractivity contribution in [3.8, 4) is 0 Å². The Balaban J connectivity index is 1.41. The molecule has 0 aliphatic heterocycles. The fraction of sp³-hybridized carbons (Fsp3) is 0.725. The number of amides is 3. The summed E-state index contributed by atoms with van der Waals surface area (Å²) in [7, 11) is 0. The second kappa shape index (κ2) is 18.9. The van der Waals surface area contributed by atoms with Crippen LogP contribution in [0.3, 0.4) is 0 Å². The number of urea groups is 1. The van der Waals surface area contributed by atoms with Gasteiger partial charge < -0.3 is 29.6 Å². The van der Waals surface area contributed by atoms with Gasteiger partial charge in [-0.15, -0.1) is 0 Å². The number of aromatic nitrogens is 2. The normalized spacial score (nSPS) is 24.7. The molecular weight excluding hydrogens is 710 g/mol. The van der Waals surface area contributed by atoms with Gasteiger partial charge in [0.2, 0.25) is 5.95 Å². The number of aromatic amines is 1. The van der Waals surface area contributed by atoms with E-state index < -0.39 is 30.2 Å². The summed E-state index contributed by atoms with van der Waals surface area (Å²) in [6.07, 6.45) is 4.73. The van der Waals surface area contributed by atoms with Crippen molar-refractivity contribution in [2.75, 3.05) is 25.1 Å². The lowest BCUT2D eigenvalue weighted by molar-refractivity contribution is -0.150. The molecule has 1 heterocycles. The number of hydrogen-bond acceptors (Lipinski definition) is 11. The maximum absolute atomic E-state index is 12.9. The molecule has 2 fully saturated rings. The van der Waals surface area contributed by atoms with Crippen molar-refractivity contribution in [2.24, 2.45) is 21.7 Å². The third-order valence-corrected chi connectivity index (χ3v) is 10.2. The average Bonchev–Trinajstić information content (AvgIpc) is 3.01. The van der Waals surface area contributed by atoms with Gasteiger partial charge >= 0.3 is 30.0 Å². The Morgan fingerprint density at radius 2 is 1.38 bits per heavy atom. The Labute approximate surface area is 324 Å². The van der Waals surface area contributed by atoms with Gasteiger partial charge in [-0.3, -0.25) is 24.7 Å². The summed E-state index contributed by atoms with van der Waals surface area (Å²) in [5.74, 6) is -1.23. The Hall–Kier alpha value is -4.43. The predicted octanol–water partition coefficient (Wildman–Crippen LogP) is 6.25. The summed E-state index contributed by atoms with van der Waals surface area (Å²) < 4.78 is 21.3. The molecule has 15 heteroatoms. The first-order chi connectivity index (χ1) is 25.4. The highest BCUT2D eigenvalue weighted by molar-refractivity contribution is 5.87. The topological polar surface area (TPSA) is 204 Å². The van der Waals surface area contributed by atoms with Gasteiger partial charge in [0.25, 0.3) is 5.56 Å². The van der Waals surface area contributed by atoms with Crippen LogP contribution in [0.25, 0.3) is 0 Å². The average molecular weight is 774 g/mol. The maximum Gasteiger partial charge on any atom is 0.407 e. The van der Waals surface area contributed by atoms with Crippen LogP contribution in [-0.2, 0) is 33.3 Å². The molecule has 0 bridgehead atoms. The molecule has 5 unspecified atom stereocenters. The van der Waals surface area contributed by atoms with E-state index in [-0.39, 0.29) is 89.5 Å². The van der Waals surface area contributed by atoms with Crippen molar-refractivity contribution >= 4 is 36.0 Å². The minimum atomic E-state index is -0.675. The van der Waals surface area contributed by atoms with E-state index in [1.807, 2.05) is 0 Å². The zero-order valence-corrected chi connectivity index (χ0v) is 34.2. The molecule has 1 aromatic rings. The zero-order chi connectivity index (χ0) is 41.2. The van der Waals surface area contributed by atoms with Crippen LogP contribution in [0, 0.1) is 28.6 Å². The van der Waals surface area contributed by atoms with E-state index in [1.54, 1.807) is 20.8 Å². The van der Waals surface area contributed by atoms with Crippen LogP contribution in [0.15, 0.2) is 23.0 Å². The molecule has 0 radical (unpaired) electrons. The lowest BCUT2D eigenvalue weighted by Gasteiger charge is -2.47. The van der Waals surface area contributed by atoms with Crippen molar-refractivity contribution in [3.63, 3.8) is 0 Å². The quantitative estimate of drug-likeness (QED) is 0.0640. The molecule has 4 N–H and O–H groups in total. The van der Waals surface area contributed by atoms with Crippen LogP contribution in [-0.4, -0.2) is 78.0 Å². The zero-order valence-electron chi connectivity index (χ0n) is 34.2. The summed E-state index contributed by atoms with van der Waals surface area (Å²) in [5, 5.41) is 8.60. The highest BCUT2D eigenvalue weighted by Crippen LogP contribution is 2.49. The van der Waals surface area contributed by atoms with Gasteiger partial charge in [0.15, 0.2) is 0 Å². The highest BCUT2D eigenvalue weighted by atomic mass is 16.6. The number of alkyl carbamates (subject to hydrolysis) is 1. The number of rotatable bonds is 16. The highest BCUT2D eigenvalue weighted by Gasteiger charge is 2.43. The molecule has 5 atom stereocenters. The molecular formula is C40H63N5O10. The summed E-state index contributed by atoms with van der Waals surface area (Å²) in [6.45, 7) is 21.0. The summed E-state index contributed by atoms with van der Waals surface area (Å²) in [4.78, 5) is 80.8. The largest absolute Gasteiger partial charge is 0.462 e. The number of carbonyl (C=O) groups is 5. The van der Waals surface area contributed by atoms with Gasteiger partial charge in [0.1, 0.15) is 25.9 Å². The van der Waals surface area contributed by atoms with Crippen LogP contribution < -0.4 is 21.5 Å². The van der Waals surface area contributed by atoms with Crippen LogP contribution in [0.2, 0.25) is 0 Å². The number of nitrogens with one attached hydrogen (secondary N) is 4. The molecule has 3 amide bonds. The Morgan fingerprint density at radius 3 is 1.93 bits per heavy atom. The lowest BCUT2D eigenvalue weighted by Crippen LogP contribution is -2.48. The summed E-state index contributed by atoms with van der Waals surface area (Å²) >= 11 is 0. The van der Waals surface area contributed by atoms with E-state index in [0.29, 0.717) is 31.4 Å². The van der Waals surface area contributed by atoms with Gasteiger partial charge in [0, 0.05) is 42.3 Å². The first-order valence-electron chi connectivity index (χ1n) is 19.2. The molecule has 15 nitrogen and oxygen atoms in total.